The highest BCUT2D eigenvalue weighted by atomic mass is 35.5. The molecule has 2 aromatic rings. The minimum Gasteiger partial charge on any atom is -0.373 e. The number of nitrogens with one attached hydrogen (secondary N) is 1. The predicted octanol–water partition coefficient (Wildman–Crippen LogP) is 2.89. The molecule has 0 radical (unpaired) electrons. The molecule has 6 heteroatoms. The van der Waals surface area contributed by atoms with E-state index < -0.39 is 0 Å². The van der Waals surface area contributed by atoms with Crippen LogP contribution in [-0.4, -0.2) is 22.0 Å². The Morgan fingerprint density at radius 3 is 2.75 bits per heavy atom. The van der Waals surface area contributed by atoms with Crippen LogP contribution < -0.4 is 5.32 Å². The van der Waals surface area contributed by atoms with E-state index in [0.717, 1.165) is 0 Å². The third-order valence-electron chi connectivity index (χ3n) is 1.93. The van der Waals surface area contributed by atoms with E-state index in [9.17, 15) is 0 Å². The molecule has 82 valence electrons. The summed E-state index contributed by atoms with van der Waals surface area (Å²) in [4.78, 5) is 12.5. The fraction of sp³-hybridized carbons (Fsp3) is 0.100. The van der Waals surface area contributed by atoms with Gasteiger partial charge in [0.05, 0.1) is 10.0 Å². The lowest BCUT2D eigenvalue weighted by Crippen LogP contribution is -1.97. The average Bonchev–Trinajstić information content (AvgIpc) is 2.29. The number of pyridine rings is 1. The third-order valence-corrected chi connectivity index (χ3v) is 2.43. The van der Waals surface area contributed by atoms with Crippen molar-refractivity contribution < 1.29 is 0 Å². The lowest BCUT2D eigenvalue weighted by molar-refractivity contribution is 1.13. The van der Waals surface area contributed by atoms with E-state index in [4.69, 9.17) is 23.2 Å². The molecule has 0 aromatic carbocycles. The van der Waals surface area contributed by atoms with Crippen LogP contribution in [0.25, 0.3) is 11.5 Å². The van der Waals surface area contributed by atoms with Gasteiger partial charge in [0.25, 0.3) is 0 Å². The molecule has 1 N–H and O–H groups in total. The molecule has 0 bridgehead atoms. The van der Waals surface area contributed by atoms with E-state index in [1.807, 2.05) is 0 Å². The van der Waals surface area contributed by atoms with Crippen LogP contribution in [0.15, 0.2) is 24.5 Å². The van der Waals surface area contributed by atoms with Gasteiger partial charge >= 0.3 is 0 Å². The van der Waals surface area contributed by atoms with Crippen molar-refractivity contribution in [2.45, 2.75) is 0 Å². The highest BCUT2D eigenvalue weighted by molar-refractivity contribution is 6.35. The summed E-state index contributed by atoms with van der Waals surface area (Å²) in [6.07, 6.45) is 3.15. The van der Waals surface area contributed by atoms with Gasteiger partial charge in [0.15, 0.2) is 5.82 Å². The standard InChI is InChI=1S/C10H8Cl2N4/c1-13-8-2-3-14-10(16-8)9-7(12)4-6(11)5-15-9/h2-5H,1H3,(H,13,14,16). The highest BCUT2D eigenvalue weighted by Gasteiger charge is 2.09. The van der Waals surface area contributed by atoms with E-state index in [0.29, 0.717) is 27.4 Å². The summed E-state index contributed by atoms with van der Waals surface area (Å²) < 4.78 is 0. The predicted molar refractivity (Wildman–Crippen MR) is 64.8 cm³/mol. The SMILES string of the molecule is CNc1ccnc(-c2ncc(Cl)cc2Cl)n1. The summed E-state index contributed by atoms with van der Waals surface area (Å²) in [5.74, 6) is 1.17. The van der Waals surface area contributed by atoms with Gasteiger partial charge in [-0.25, -0.2) is 15.0 Å². The highest BCUT2D eigenvalue weighted by Crippen LogP contribution is 2.25. The fourth-order valence-electron chi connectivity index (χ4n) is 1.19. The Hall–Kier alpha value is -1.39. The normalized spacial score (nSPS) is 10.2. The molecule has 2 aromatic heterocycles. The molecule has 2 heterocycles. The molecule has 0 atom stereocenters. The molecule has 4 nitrogen and oxygen atoms in total. The summed E-state index contributed by atoms with van der Waals surface area (Å²) in [5, 5.41) is 3.84. The second-order valence-electron chi connectivity index (χ2n) is 3.00. The van der Waals surface area contributed by atoms with Gasteiger partial charge in [-0.3, -0.25) is 0 Å². The van der Waals surface area contributed by atoms with Crippen LogP contribution in [-0.2, 0) is 0 Å². The molecule has 2 rings (SSSR count). The molecule has 0 amide bonds. The Morgan fingerprint density at radius 1 is 1.25 bits per heavy atom. The summed E-state index contributed by atoms with van der Waals surface area (Å²) in [6.45, 7) is 0. The van der Waals surface area contributed by atoms with Gasteiger partial charge in [0.2, 0.25) is 0 Å². The molecular formula is C10H8Cl2N4. The first-order valence-electron chi connectivity index (χ1n) is 4.53. The number of hydrogen-bond acceptors (Lipinski definition) is 4. The lowest BCUT2D eigenvalue weighted by atomic mass is 10.3. The quantitative estimate of drug-likeness (QED) is 0.896. The van der Waals surface area contributed by atoms with E-state index in [2.05, 4.69) is 20.3 Å². The summed E-state index contributed by atoms with van der Waals surface area (Å²) in [6, 6.07) is 3.37. The maximum absolute atomic E-state index is 6.01. The summed E-state index contributed by atoms with van der Waals surface area (Å²) >= 11 is 11.8. The van der Waals surface area contributed by atoms with Crippen LogP contribution >= 0.6 is 23.2 Å². The second-order valence-corrected chi connectivity index (χ2v) is 3.84. The van der Waals surface area contributed by atoms with Crippen LogP contribution in [0.3, 0.4) is 0 Å². The molecule has 0 fully saturated rings. The maximum Gasteiger partial charge on any atom is 0.181 e. The van der Waals surface area contributed by atoms with E-state index >= 15 is 0 Å². The zero-order valence-corrected chi connectivity index (χ0v) is 9.92. The van der Waals surface area contributed by atoms with Crippen LogP contribution in [0, 0.1) is 0 Å². The van der Waals surface area contributed by atoms with Gasteiger partial charge in [-0.1, -0.05) is 23.2 Å². The monoisotopic (exact) mass is 254 g/mol. The minimum atomic E-state index is 0.431. The Kier molecular flexibility index (Phi) is 3.22. The number of halogens is 2. The Morgan fingerprint density at radius 2 is 2.06 bits per heavy atom. The van der Waals surface area contributed by atoms with Gasteiger partial charge in [-0.05, 0) is 12.1 Å². The molecule has 0 saturated heterocycles. The third kappa shape index (κ3) is 2.23. The molecule has 0 aliphatic rings. The minimum absolute atomic E-state index is 0.431. The van der Waals surface area contributed by atoms with Gasteiger partial charge in [0.1, 0.15) is 11.5 Å². The molecule has 0 aliphatic carbocycles. The number of anilines is 1. The molecule has 0 saturated carbocycles. The number of nitrogens with zero attached hydrogens (tertiary/aromatic N) is 3. The maximum atomic E-state index is 6.01. The number of aromatic nitrogens is 3. The first-order valence-corrected chi connectivity index (χ1v) is 5.28. The van der Waals surface area contributed by atoms with Crippen molar-refractivity contribution in [3.63, 3.8) is 0 Å². The molecule has 0 unspecified atom stereocenters. The zero-order valence-electron chi connectivity index (χ0n) is 8.41. The van der Waals surface area contributed by atoms with Crippen molar-refractivity contribution in [1.29, 1.82) is 0 Å². The molecule has 0 aliphatic heterocycles. The van der Waals surface area contributed by atoms with Crippen molar-refractivity contribution in [2.24, 2.45) is 0 Å². The Labute approximate surface area is 103 Å². The van der Waals surface area contributed by atoms with Gasteiger partial charge in [-0.2, -0.15) is 0 Å². The van der Waals surface area contributed by atoms with Crippen molar-refractivity contribution in [2.75, 3.05) is 12.4 Å². The van der Waals surface area contributed by atoms with Crippen LogP contribution in [0.2, 0.25) is 10.0 Å². The first kappa shape index (κ1) is 11.1. The van der Waals surface area contributed by atoms with Crippen LogP contribution in [0.4, 0.5) is 5.82 Å². The summed E-state index contributed by atoms with van der Waals surface area (Å²) in [7, 11) is 1.78. The summed E-state index contributed by atoms with van der Waals surface area (Å²) in [5.41, 5.74) is 0.517. The fourth-order valence-corrected chi connectivity index (χ4v) is 1.66. The van der Waals surface area contributed by atoms with E-state index in [1.54, 1.807) is 25.4 Å². The van der Waals surface area contributed by atoms with E-state index in [-0.39, 0.29) is 0 Å². The molecular weight excluding hydrogens is 247 g/mol. The molecule has 16 heavy (non-hydrogen) atoms. The van der Waals surface area contributed by atoms with Crippen molar-refractivity contribution in [3.8, 4) is 11.5 Å². The Balaban J connectivity index is 2.49. The lowest BCUT2D eigenvalue weighted by Gasteiger charge is -2.04. The smallest absolute Gasteiger partial charge is 0.181 e. The second kappa shape index (κ2) is 4.63. The van der Waals surface area contributed by atoms with Crippen molar-refractivity contribution in [3.05, 3.63) is 34.6 Å². The molecule has 0 spiro atoms. The van der Waals surface area contributed by atoms with Crippen molar-refractivity contribution >= 4 is 29.0 Å². The van der Waals surface area contributed by atoms with Crippen molar-refractivity contribution in [1.82, 2.24) is 15.0 Å². The number of hydrogen-bond donors (Lipinski definition) is 1. The largest absolute Gasteiger partial charge is 0.373 e. The van der Waals surface area contributed by atoms with Gasteiger partial charge in [-0.15, -0.1) is 0 Å². The number of rotatable bonds is 2. The average molecular weight is 255 g/mol. The van der Waals surface area contributed by atoms with E-state index in [1.165, 1.54) is 6.20 Å². The van der Waals surface area contributed by atoms with Crippen LogP contribution in [0.5, 0.6) is 0 Å². The first-order chi connectivity index (χ1) is 7.70. The van der Waals surface area contributed by atoms with Gasteiger partial charge < -0.3 is 5.32 Å². The Bertz CT molecular complexity index is 516. The van der Waals surface area contributed by atoms with Crippen LogP contribution in [0.1, 0.15) is 0 Å². The zero-order chi connectivity index (χ0) is 11.5. The van der Waals surface area contributed by atoms with Gasteiger partial charge in [0, 0.05) is 19.4 Å². The topological polar surface area (TPSA) is 50.7 Å².